The maximum Gasteiger partial charge on any atom is 0.338 e. The number of aromatic amines is 1. The van der Waals surface area contributed by atoms with Gasteiger partial charge in [-0.1, -0.05) is 6.07 Å². The summed E-state index contributed by atoms with van der Waals surface area (Å²) in [6, 6.07) is 11.4. The Labute approximate surface area is 204 Å². The average Bonchev–Trinajstić information content (AvgIpc) is 3.34. The van der Waals surface area contributed by atoms with E-state index in [-0.39, 0.29) is 41.8 Å². The molecule has 1 aromatic heterocycles. The van der Waals surface area contributed by atoms with Crippen LogP contribution in [0.5, 0.6) is 0 Å². The molecule has 1 saturated heterocycles. The fourth-order valence-electron chi connectivity index (χ4n) is 4.24. The normalized spacial score (nSPS) is 16.2. The molecule has 186 valence electrons. The molecular weight excluding hydrogens is 468 g/mol. The molecule has 0 unspecified atom stereocenters. The zero-order valence-electron chi connectivity index (χ0n) is 20.2. The standard InChI is InChI=1S/C26H30N2O6S/c1-4-33-26(30)19-7-5-9-23(14-19)35(31,32)28(16-22-8-6-10-34-22)15-21-13-20-11-17(2)18(3)12-24(20)27-25(21)29/h5,7,9,11-14,22H,4,6,8,10,15-16H2,1-3H3,(H,27,29)/t22-/m0/s1. The smallest absolute Gasteiger partial charge is 0.338 e. The van der Waals surface area contributed by atoms with Gasteiger partial charge in [-0.05, 0) is 86.5 Å². The molecule has 0 spiro atoms. The minimum absolute atomic E-state index is 0.0373. The number of sulfonamides is 1. The number of rotatable bonds is 8. The van der Waals surface area contributed by atoms with E-state index >= 15 is 0 Å². The summed E-state index contributed by atoms with van der Waals surface area (Å²) in [5, 5.41) is 0.835. The molecule has 0 saturated carbocycles. The van der Waals surface area contributed by atoms with Crippen molar-refractivity contribution in [2.75, 3.05) is 19.8 Å². The Bertz CT molecular complexity index is 1410. The lowest BCUT2D eigenvalue weighted by atomic mass is 10.0. The van der Waals surface area contributed by atoms with Crippen LogP contribution in [0.4, 0.5) is 0 Å². The first-order valence-electron chi connectivity index (χ1n) is 11.7. The zero-order valence-corrected chi connectivity index (χ0v) is 21.0. The zero-order chi connectivity index (χ0) is 25.2. The highest BCUT2D eigenvalue weighted by atomic mass is 32.2. The van der Waals surface area contributed by atoms with E-state index in [1.165, 1.54) is 28.6 Å². The SMILES string of the molecule is CCOC(=O)c1cccc(S(=O)(=O)N(Cc2cc3cc(C)c(C)cc3[nH]c2=O)C[C@@H]2CCCO2)c1. The van der Waals surface area contributed by atoms with Gasteiger partial charge < -0.3 is 14.5 Å². The summed E-state index contributed by atoms with van der Waals surface area (Å²) in [4.78, 5) is 27.9. The maximum absolute atomic E-state index is 13.7. The molecule has 9 heteroatoms. The van der Waals surface area contributed by atoms with E-state index in [2.05, 4.69) is 4.98 Å². The number of fused-ring (bicyclic) bond motifs is 1. The third-order valence-corrected chi connectivity index (χ3v) is 8.10. The van der Waals surface area contributed by atoms with Crippen LogP contribution in [0.2, 0.25) is 0 Å². The summed E-state index contributed by atoms with van der Waals surface area (Å²) in [5.74, 6) is -0.591. The molecule has 1 fully saturated rings. The van der Waals surface area contributed by atoms with Crippen LogP contribution in [0.3, 0.4) is 0 Å². The summed E-state index contributed by atoms with van der Waals surface area (Å²) in [7, 11) is -4.05. The van der Waals surface area contributed by atoms with Crippen molar-refractivity contribution in [3.05, 3.63) is 75.1 Å². The van der Waals surface area contributed by atoms with Gasteiger partial charge in [-0.15, -0.1) is 0 Å². The van der Waals surface area contributed by atoms with Crippen molar-refractivity contribution in [2.45, 2.75) is 51.2 Å². The second kappa shape index (κ2) is 10.3. The molecule has 1 aliphatic heterocycles. The first-order chi connectivity index (χ1) is 16.7. The van der Waals surface area contributed by atoms with Crippen LogP contribution >= 0.6 is 0 Å². The topological polar surface area (TPSA) is 106 Å². The number of carbonyl (C=O) groups excluding carboxylic acids is 1. The summed E-state index contributed by atoms with van der Waals surface area (Å²) in [6.07, 6.45) is 1.33. The second-order valence-electron chi connectivity index (χ2n) is 8.83. The van der Waals surface area contributed by atoms with Gasteiger partial charge in [0.1, 0.15) is 0 Å². The highest BCUT2D eigenvalue weighted by molar-refractivity contribution is 7.89. The Morgan fingerprint density at radius 2 is 1.94 bits per heavy atom. The average molecular weight is 499 g/mol. The van der Waals surface area contributed by atoms with Gasteiger partial charge >= 0.3 is 5.97 Å². The minimum Gasteiger partial charge on any atom is -0.462 e. The molecule has 1 N–H and O–H groups in total. The fourth-order valence-corrected chi connectivity index (χ4v) is 5.74. The lowest BCUT2D eigenvalue weighted by Crippen LogP contribution is -2.38. The van der Waals surface area contributed by atoms with Gasteiger partial charge in [0.15, 0.2) is 0 Å². The number of pyridine rings is 1. The number of carbonyl (C=O) groups is 1. The highest BCUT2D eigenvalue weighted by Gasteiger charge is 2.30. The number of ether oxygens (including phenoxy) is 2. The Hall–Kier alpha value is -3.01. The molecule has 35 heavy (non-hydrogen) atoms. The monoisotopic (exact) mass is 498 g/mol. The van der Waals surface area contributed by atoms with Crippen LogP contribution < -0.4 is 5.56 Å². The van der Waals surface area contributed by atoms with Crippen molar-refractivity contribution in [1.29, 1.82) is 0 Å². The molecule has 1 aliphatic rings. The second-order valence-corrected chi connectivity index (χ2v) is 10.8. The van der Waals surface area contributed by atoms with Gasteiger partial charge in [0.05, 0.1) is 23.2 Å². The number of esters is 1. The van der Waals surface area contributed by atoms with Crippen molar-refractivity contribution in [2.24, 2.45) is 0 Å². The number of nitrogens with one attached hydrogen (secondary N) is 1. The summed E-state index contributed by atoms with van der Waals surface area (Å²) in [6.45, 7) is 6.40. The molecule has 0 aliphatic carbocycles. The Morgan fingerprint density at radius 1 is 1.17 bits per heavy atom. The molecule has 2 heterocycles. The van der Waals surface area contributed by atoms with Crippen LogP contribution in [0.1, 0.15) is 46.8 Å². The molecule has 1 atom stereocenters. The van der Waals surface area contributed by atoms with E-state index in [1.807, 2.05) is 26.0 Å². The maximum atomic E-state index is 13.7. The Morgan fingerprint density at radius 3 is 2.66 bits per heavy atom. The summed E-state index contributed by atoms with van der Waals surface area (Å²) in [5.41, 5.74) is 2.99. The molecule has 0 bridgehead atoms. The van der Waals surface area contributed by atoms with Crippen molar-refractivity contribution in [1.82, 2.24) is 9.29 Å². The third kappa shape index (κ3) is 5.47. The summed E-state index contributed by atoms with van der Waals surface area (Å²) < 4.78 is 39.5. The van der Waals surface area contributed by atoms with Crippen LogP contribution in [0, 0.1) is 13.8 Å². The minimum atomic E-state index is -4.05. The van der Waals surface area contributed by atoms with Gasteiger partial charge in [-0.3, -0.25) is 4.79 Å². The number of hydrogen-bond donors (Lipinski definition) is 1. The summed E-state index contributed by atoms with van der Waals surface area (Å²) >= 11 is 0. The van der Waals surface area contributed by atoms with Crippen molar-refractivity contribution in [3.63, 3.8) is 0 Å². The number of nitrogens with zero attached hydrogens (tertiary/aromatic N) is 1. The Balaban J connectivity index is 1.73. The van der Waals surface area contributed by atoms with E-state index in [9.17, 15) is 18.0 Å². The number of aryl methyl sites for hydroxylation is 2. The van der Waals surface area contributed by atoms with Crippen molar-refractivity contribution >= 4 is 26.9 Å². The van der Waals surface area contributed by atoms with Gasteiger partial charge in [0.2, 0.25) is 10.0 Å². The van der Waals surface area contributed by atoms with Gasteiger partial charge in [-0.2, -0.15) is 4.31 Å². The van der Waals surface area contributed by atoms with Gasteiger partial charge in [-0.25, -0.2) is 13.2 Å². The van der Waals surface area contributed by atoms with Gasteiger partial charge in [0, 0.05) is 30.8 Å². The number of hydrogen-bond acceptors (Lipinski definition) is 6. The molecule has 3 aromatic rings. The first-order valence-corrected chi connectivity index (χ1v) is 13.1. The van der Waals surface area contributed by atoms with E-state index < -0.39 is 16.0 Å². The lowest BCUT2D eigenvalue weighted by Gasteiger charge is -2.25. The molecule has 8 nitrogen and oxygen atoms in total. The fraction of sp³-hybridized carbons (Fsp3) is 0.385. The van der Waals surface area contributed by atoms with E-state index in [1.54, 1.807) is 13.0 Å². The molecule has 2 aromatic carbocycles. The van der Waals surface area contributed by atoms with Crippen molar-refractivity contribution in [3.8, 4) is 0 Å². The van der Waals surface area contributed by atoms with Crippen LogP contribution in [0.15, 0.2) is 52.2 Å². The highest BCUT2D eigenvalue weighted by Crippen LogP contribution is 2.24. The van der Waals surface area contributed by atoms with Crippen molar-refractivity contribution < 1.29 is 22.7 Å². The molecular formula is C26H30N2O6S. The molecule has 0 amide bonds. The Kier molecular flexibility index (Phi) is 7.39. The number of H-pyrrole nitrogens is 1. The predicted molar refractivity (Wildman–Crippen MR) is 133 cm³/mol. The predicted octanol–water partition coefficient (Wildman–Crippen LogP) is 3.69. The van der Waals surface area contributed by atoms with E-state index in [0.717, 1.165) is 29.4 Å². The van der Waals surface area contributed by atoms with Crippen LogP contribution in [-0.4, -0.2) is 49.5 Å². The van der Waals surface area contributed by atoms with E-state index in [0.29, 0.717) is 17.7 Å². The molecule has 0 radical (unpaired) electrons. The quantitative estimate of drug-likeness (QED) is 0.475. The number of aromatic nitrogens is 1. The van der Waals surface area contributed by atoms with Crippen LogP contribution in [-0.2, 0) is 26.0 Å². The first kappa shape index (κ1) is 25.1. The third-order valence-electron chi connectivity index (χ3n) is 6.30. The van der Waals surface area contributed by atoms with Gasteiger partial charge in [0.25, 0.3) is 5.56 Å². The molecule has 4 rings (SSSR count). The lowest BCUT2D eigenvalue weighted by molar-refractivity contribution is 0.0526. The number of benzene rings is 2. The van der Waals surface area contributed by atoms with Crippen LogP contribution in [0.25, 0.3) is 10.9 Å². The van der Waals surface area contributed by atoms with E-state index in [4.69, 9.17) is 9.47 Å². The largest absolute Gasteiger partial charge is 0.462 e.